The third kappa shape index (κ3) is 3.68. The Balaban J connectivity index is 1.88. The number of nitrogens with zero attached hydrogens (tertiary/aromatic N) is 1. The third-order valence-corrected chi connectivity index (χ3v) is 4.90. The Morgan fingerprint density at radius 3 is 2.00 bits per heavy atom. The predicted molar refractivity (Wildman–Crippen MR) is 115 cm³/mol. The number of benzene rings is 3. The van der Waals surface area contributed by atoms with E-state index in [9.17, 15) is 4.79 Å². The van der Waals surface area contributed by atoms with E-state index in [1.54, 1.807) is 0 Å². The van der Waals surface area contributed by atoms with Gasteiger partial charge in [-0.25, -0.2) is 4.79 Å². The second-order valence-electron chi connectivity index (χ2n) is 6.69. The lowest BCUT2D eigenvalue weighted by molar-refractivity contribution is 0.242. The number of amides is 2. The van der Waals surface area contributed by atoms with E-state index < -0.39 is 0 Å². The van der Waals surface area contributed by atoms with Crippen LogP contribution in [0.5, 0.6) is 0 Å². The first-order valence-corrected chi connectivity index (χ1v) is 9.23. The van der Waals surface area contributed by atoms with Crippen molar-refractivity contribution in [3.8, 4) is 0 Å². The minimum atomic E-state index is -0.327. The van der Waals surface area contributed by atoms with Gasteiger partial charge in [0.05, 0.1) is 11.7 Å². The van der Waals surface area contributed by atoms with Crippen LogP contribution in [-0.4, -0.2) is 11.9 Å². The standard InChI is InChI=1S/C23H21N5O/c24-22(28-25)18-13-11-17(12-14-18)21-19(15-7-3-1-4-8-15)20(26-23(29)27-21)16-9-5-2-6-10-16/h1-14,21H,25H2,(H2,24,28)(H2,26,27,29). The van der Waals surface area contributed by atoms with E-state index in [0.29, 0.717) is 0 Å². The van der Waals surface area contributed by atoms with Crippen molar-refractivity contribution in [1.82, 2.24) is 10.6 Å². The molecule has 0 aliphatic carbocycles. The van der Waals surface area contributed by atoms with Gasteiger partial charge >= 0.3 is 6.03 Å². The fourth-order valence-electron chi connectivity index (χ4n) is 3.50. The molecule has 0 bridgehead atoms. The normalized spacial score (nSPS) is 16.9. The van der Waals surface area contributed by atoms with Crippen LogP contribution in [-0.2, 0) is 0 Å². The highest BCUT2D eigenvalue weighted by Crippen LogP contribution is 2.37. The molecule has 0 aromatic heterocycles. The summed E-state index contributed by atoms with van der Waals surface area (Å²) in [5.41, 5.74) is 11.2. The zero-order chi connectivity index (χ0) is 20.2. The second-order valence-corrected chi connectivity index (χ2v) is 6.69. The van der Waals surface area contributed by atoms with Gasteiger partial charge in [0.2, 0.25) is 0 Å². The minimum absolute atomic E-state index is 0.249. The van der Waals surface area contributed by atoms with Gasteiger partial charge in [0.25, 0.3) is 0 Å². The highest BCUT2D eigenvalue weighted by molar-refractivity contribution is 6.03. The summed E-state index contributed by atoms with van der Waals surface area (Å²) in [4.78, 5) is 12.5. The largest absolute Gasteiger partial charge is 0.382 e. The van der Waals surface area contributed by atoms with Crippen LogP contribution in [0.15, 0.2) is 90.0 Å². The molecule has 1 atom stereocenters. The molecule has 0 saturated carbocycles. The van der Waals surface area contributed by atoms with Gasteiger partial charge in [0, 0.05) is 11.1 Å². The lowest BCUT2D eigenvalue weighted by atomic mass is 9.87. The molecule has 6 nitrogen and oxygen atoms in total. The van der Waals surface area contributed by atoms with E-state index in [0.717, 1.165) is 33.5 Å². The predicted octanol–water partition coefficient (Wildman–Crippen LogP) is 3.19. The molecule has 0 radical (unpaired) electrons. The van der Waals surface area contributed by atoms with Crippen LogP contribution in [0.4, 0.5) is 4.79 Å². The molecule has 3 aromatic carbocycles. The molecule has 1 aliphatic heterocycles. The van der Waals surface area contributed by atoms with Crippen molar-refractivity contribution < 1.29 is 4.79 Å². The molecule has 29 heavy (non-hydrogen) atoms. The third-order valence-electron chi connectivity index (χ3n) is 4.90. The summed E-state index contributed by atoms with van der Waals surface area (Å²) in [6.45, 7) is 0. The van der Waals surface area contributed by atoms with Crippen molar-refractivity contribution in [2.75, 3.05) is 0 Å². The van der Waals surface area contributed by atoms with E-state index >= 15 is 0 Å². The molecule has 1 unspecified atom stereocenters. The molecular weight excluding hydrogens is 362 g/mol. The van der Waals surface area contributed by atoms with Gasteiger partial charge in [0.1, 0.15) is 5.84 Å². The maximum absolute atomic E-state index is 12.5. The Morgan fingerprint density at radius 1 is 0.828 bits per heavy atom. The maximum Gasteiger partial charge on any atom is 0.320 e. The number of carbonyl (C=O) groups excluding carboxylic acids is 1. The van der Waals surface area contributed by atoms with E-state index in [-0.39, 0.29) is 17.9 Å². The Labute approximate surface area is 168 Å². The summed E-state index contributed by atoms with van der Waals surface area (Å²) < 4.78 is 0. The molecule has 144 valence electrons. The summed E-state index contributed by atoms with van der Waals surface area (Å²) in [7, 11) is 0. The van der Waals surface area contributed by atoms with Crippen molar-refractivity contribution in [2.24, 2.45) is 16.7 Å². The highest BCUT2D eigenvalue weighted by atomic mass is 16.2. The molecule has 6 N–H and O–H groups in total. The number of rotatable bonds is 4. The summed E-state index contributed by atoms with van der Waals surface area (Å²) in [6, 6.07) is 26.8. The number of nitrogens with one attached hydrogen (secondary N) is 2. The van der Waals surface area contributed by atoms with E-state index in [1.807, 2.05) is 84.9 Å². The number of hydrogen-bond donors (Lipinski definition) is 4. The number of amidine groups is 1. The smallest absolute Gasteiger partial charge is 0.320 e. The molecule has 1 heterocycles. The Bertz CT molecular complexity index is 1070. The number of carbonyl (C=O) groups is 1. The molecular formula is C23H21N5O. The second kappa shape index (κ2) is 7.90. The number of nitrogens with two attached hydrogens (primary N) is 2. The van der Waals surface area contributed by atoms with Gasteiger partial charge in [-0.1, -0.05) is 84.9 Å². The van der Waals surface area contributed by atoms with Gasteiger partial charge in [-0.3, -0.25) is 0 Å². The van der Waals surface area contributed by atoms with Crippen molar-refractivity contribution in [1.29, 1.82) is 0 Å². The number of hydrogen-bond acceptors (Lipinski definition) is 3. The molecule has 0 spiro atoms. The van der Waals surface area contributed by atoms with Crippen molar-refractivity contribution in [3.05, 3.63) is 107 Å². The van der Waals surface area contributed by atoms with Crippen LogP contribution in [0, 0.1) is 0 Å². The zero-order valence-electron chi connectivity index (χ0n) is 15.7. The molecule has 3 aromatic rings. The Morgan fingerprint density at radius 2 is 1.41 bits per heavy atom. The van der Waals surface area contributed by atoms with Gasteiger partial charge in [-0.15, -0.1) is 0 Å². The quantitative estimate of drug-likeness (QED) is 0.241. The SMILES string of the molecule is N/N=C(\N)c1ccc(C2NC(=O)NC(c3ccccc3)=C2c2ccccc2)cc1. The summed E-state index contributed by atoms with van der Waals surface area (Å²) in [6.07, 6.45) is 0. The average molecular weight is 383 g/mol. The molecule has 6 heteroatoms. The first-order chi connectivity index (χ1) is 14.2. The van der Waals surface area contributed by atoms with Gasteiger partial charge < -0.3 is 22.2 Å². The van der Waals surface area contributed by atoms with Crippen molar-refractivity contribution in [2.45, 2.75) is 6.04 Å². The van der Waals surface area contributed by atoms with Crippen molar-refractivity contribution >= 4 is 23.1 Å². The van der Waals surface area contributed by atoms with Crippen LogP contribution in [0.1, 0.15) is 28.3 Å². The maximum atomic E-state index is 12.5. The highest BCUT2D eigenvalue weighted by Gasteiger charge is 2.29. The molecule has 2 amide bonds. The average Bonchev–Trinajstić information content (AvgIpc) is 2.79. The van der Waals surface area contributed by atoms with Crippen LogP contribution in [0.25, 0.3) is 11.3 Å². The molecule has 1 aliphatic rings. The summed E-state index contributed by atoms with van der Waals surface area (Å²) >= 11 is 0. The lowest BCUT2D eigenvalue weighted by Crippen LogP contribution is -2.43. The topological polar surface area (TPSA) is 106 Å². The van der Waals surface area contributed by atoms with E-state index in [4.69, 9.17) is 11.6 Å². The monoisotopic (exact) mass is 383 g/mol. The molecule has 4 rings (SSSR count). The lowest BCUT2D eigenvalue weighted by Gasteiger charge is -2.31. The number of hydrazone groups is 1. The molecule has 0 saturated heterocycles. The first-order valence-electron chi connectivity index (χ1n) is 9.23. The summed E-state index contributed by atoms with van der Waals surface area (Å²) in [5, 5.41) is 9.58. The Kier molecular flexibility index (Phi) is 4.99. The fraction of sp³-hybridized carbons (Fsp3) is 0.0435. The molecule has 0 fully saturated rings. The van der Waals surface area contributed by atoms with E-state index in [2.05, 4.69) is 15.7 Å². The van der Waals surface area contributed by atoms with Crippen LogP contribution in [0.2, 0.25) is 0 Å². The summed E-state index contributed by atoms with van der Waals surface area (Å²) in [5.74, 6) is 5.53. The number of urea groups is 1. The van der Waals surface area contributed by atoms with Gasteiger partial charge in [-0.05, 0) is 16.7 Å². The van der Waals surface area contributed by atoms with Crippen LogP contribution in [0.3, 0.4) is 0 Å². The fourth-order valence-corrected chi connectivity index (χ4v) is 3.50. The minimum Gasteiger partial charge on any atom is -0.382 e. The van der Waals surface area contributed by atoms with E-state index in [1.165, 1.54) is 0 Å². The van der Waals surface area contributed by atoms with Gasteiger partial charge in [0.15, 0.2) is 0 Å². The van der Waals surface area contributed by atoms with Gasteiger partial charge in [-0.2, -0.15) is 5.10 Å². The van der Waals surface area contributed by atoms with Crippen molar-refractivity contribution in [3.63, 3.8) is 0 Å². The van der Waals surface area contributed by atoms with Crippen LogP contribution < -0.4 is 22.2 Å². The Hall–Kier alpha value is -4.06. The first kappa shape index (κ1) is 18.3. The van der Waals surface area contributed by atoms with Crippen LogP contribution >= 0.6 is 0 Å². The zero-order valence-corrected chi connectivity index (χ0v) is 15.7.